The van der Waals surface area contributed by atoms with Crippen molar-refractivity contribution in [1.82, 2.24) is 4.57 Å². The number of aromatic nitrogens is 1. The third-order valence-corrected chi connectivity index (χ3v) is 3.90. The molecule has 1 aromatic heterocycles. The van der Waals surface area contributed by atoms with Crippen molar-refractivity contribution in [3.05, 3.63) is 65.4 Å². The largest absolute Gasteiger partial charge is 0.494 e. The molecule has 0 bridgehead atoms. The van der Waals surface area contributed by atoms with Crippen LogP contribution in [0.1, 0.15) is 23.6 Å². The molecule has 3 aromatic rings. The maximum atomic E-state index is 5.57. The third kappa shape index (κ3) is 2.80. The molecule has 0 aliphatic heterocycles. The van der Waals surface area contributed by atoms with Gasteiger partial charge in [0.25, 0.3) is 0 Å². The van der Waals surface area contributed by atoms with Gasteiger partial charge in [0, 0.05) is 23.6 Å². The molecule has 0 amide bonds. The molecule has 0 aliphatic rings. The van der Waals surface area contributed by atoms with E-state index in [4.69, 9.17) is 4.74 Å². The number of fused-ring (bicyclic) bond motifs is 1. The quantitative estimate of drug-likeness (QED) is 0.675. The number of hydrogen-bond acceptors (Lipinski definition) is 1. The van der Waals surface area contributed by atoms with Crippen LogP contribution < -0.4 is 4.74 Å². The fourth-order valence-electron chi connectivity index (χ4n) is 2.73. The molecule has 0 radical (unpaired) electrons. The smallest absolute Gasteiger partial charge is 0.120 e. The van der Waals surface area contributed by atoms with Crippen LogP contribution in [0.5, 0.6) is 5.75 Å². The Morgan fingerprint density at radius 3 is 2.67 bits per heavy atom. The average molecular weight is 279 g/mol. The number of benzene rings is 2. The lowest BCUT2D eigenvalue weighted by atomic mass is 10.1. The molecule has 0 aliphatic carbocycles. The lowest BCUT2D eigenvalue weighted by Gasteiger charge is -2.10. The van der Waals surface area contributed by atoms with Crippen LogP contribution in [0.3, 0.4) is 0 Å². The highest BCUT2D eigenvalue weighted by Gasteiger charge is 2.05. The highest BCUT2D eigenvalue weighted by molar-refractivity contribution is 5.81. The first-order chi connectivity index (χ1) is 10.2. The molecular weight excluding hydrogens is 258 g/mol. The van der Waals surface area contributed by atoms with Crippen LogP contribution >= 0.6 is 0 Å². The van der Waals surface area contributed by atoms with Gasteiger partial charge in [-0.3, -0.25) is 0 Å². The maximum Gasteiger partial charge on any atom is 0.120 e. The van der Waals surface area contributed by atoms with Crippen molar-refractivity contribution in [2.45, 2.75) is 27.3 Å². The zero-order valence-corrected chi connectivity index (χ0v) is 12.9. The van der Waals surface area contributed by atoms with Gasteiger partial charge in [0.2, 0.25) is 0 Å². The van der Waals surface area contributed by atoms with E-state index in [2.05, 4.69) is 61.0 Å². The monoisotopic (exact) mass is 279 g/mol. The minimum atomic E-state index is 0.703. The highest BCUT2D eigenvalue weighted by atomic mass is 16.5. The molecular formula is C19H21NO. The van der Waals surface area contributed by atoms with E-state index in [1.165, 1.54) is 27.6 Å². The molecule has 2 nitrogen and oxygen atoms in total. The van der Waals surface area contributed by atoms with Gasteiger partial charge in [-0.1, -0.05) is 23.8 Å². The minimum Gasteiger partial charge on any atom is -0.494 e. The Morgan fingerprint density at radius 2 is 1.86 bits per heavy atom. The van der Waals surface area contributed by atoms with E-state index in [0.717, 1.165) is 12.3 Å². The van der Waals surface area contributed by atoms with Crippen LogP contribution in [-0.2, 0) is 6.54 Å². The van der Waals surface area contributed by atoms with Gasteiger partial charge >= 0.3 is 0 Å². The van der Waals surface area contributed by atoms with Crippen LogP contribution in [0.2, 0.25) is 0 Å². The van der Waals surface area contributed by atoms with E-state index < -0.39 is 0 Å². The first-order valence-electron chi connectivity index (χ1n) is 7.45. The second kappa shape index (κ2) is 5.65. The SMILES string of the molecule is CCOc1ccc2c(ccn2Cc2cc(C)ccc2C)c1. The van der Waals surface area contributed by atoms with Gasteiger partial charge in [-0.2, -0.15) is 0 Å². The van der Waals surface area contributed by atoms with E-state index in [0.29, 0.717) is 6.61 Å². The molecule has 0 spiro atoms. The number of hydrogen-bond donors (Lipinski definition) is 0. The second-order valence-corrected chi connectivity index (χ2v) is 5.53. The van der Waals surface area contributed by atoms with E-state index in [-0.39, 0.29) is 0 Å². The molecule has 0 fully saturated rings. The minimum absolute atomic E-state index is 0.703. The van der Waals surface area contributed by atoms with Crippen molar-refractivity contribution in [2.24, 2.45) is 0 Å². The van der Waals surface area contributed by atoms with Crippen LogP contribution in [0.25, 0.3) is 10.9 Å². The molecule has 0 saturated carbocycles. The van der Waals surface area contributed by atoms with Crippen molar-refractivity contribution in [2.75, 3.05) is 6.61 Å². The number of ether oxygens (including phenoxy) is 1. The summed E-state index contributed by atoms with van der Waals surface area (Å²) in [6.45, 7) is 7.94. The zero-order valence-electron chi connectivity index (χ0n) is 12.9. The van der Waals surface area contributed by atoms with Gasteiger partial charge in [-0.25, -0.2) is 0 Å². The summed E-state index contributed by atoms with van der Waals surface area (Å²) in [5.74, 6) is 0.939. The topological polar surface area (TPSA) is 14.2 Å². The normalized spacial score (nSPS) is 11.0. The molecule has 108 valence electrons. The van der Waals surface area contributed by atoms with Gasteiger partial charge in [-0.05, 0) is 56.2 Å². The zero-order chi connectivity index (χ0) is 14.8. The Kier molecular flexibility index (Phi) is 3.70. The molecule has 3 rings (SSSR count). The van der Waals surface area contributed by atoms with Gasteiger partial charge in [0.05, 0.1) is 6.61 Å². The summed E-state index contributed by atoms with van der Waals surface area (Å²) in [6.07, 6.45) is 2.15. The molecule has 1 heterocycles. The maximum absolute atomic E-state index is 5.57. The van der Waals surface area contributed by atoms with E-state index in [1.807, 2.05) is 13.0 Å². The molecule has 0 atom stereocenters. The predicted octanol–water partition coefficient (Wildman–Crippen LogP) is 4.71. The first kappa shape index (κ1) is 13.7. The fraction of sp³-hybridized carbons (Fsp3) is 0.263. The summed E-state index contributed by atoms with van der Waals surface area (Å²) >= 11 is 0. The summed E-state index contributed by atoms with van der Waals surface area (Å²) in [6, 6.07) is 15.1. The number of rotatable bonds is 4. The van der Waals surface area contributed by atoms with Crippen LogP contribution in [-0.4, -0.2) is 11.2 Å². The molecule has 0 unspecified atom stereocenters. The lowest BCUT2D eigenvalue weighted by Crippen LogP contribution is -2.00. The molecule has 21 heavy (non-hydrogen) atoms. The Balaban J connectivity index is 1.96. The Labute approximate surface area is 126 Å². The Morgan fingerprint density at radius 1 is 1.00 bits per heavy atom. The highest BCUT2D eigenvalue weighted by Crippen LogP contribution is 2.23. The van der Waals surface area contributed by atoms with Crippen molar-refractivity contribution in [3.8, 4) is 5.75 Å². The number of aryl methyl sites for hydroxylation is 2. The summed E-state index contributed by atoms with van der Waals surface area (Å²) in [7, 11) is 0. The third-order valence-electron chi connectivity index (χ3n) is 3.90. The van der Waals surface area contributed by atoms with Gasteiger partial charge in [0.1, 0.15) is 5.75 Å². The Bertz CT molecular complexity index is 770. The van der Waals surface area contributed by atoms with Crippen molar-refractivity contribution in [3.63, 3.8) is 0 Å². The molecule has 2 aromatic carbocycles. The summed E-state index contributed by atoms with van der Waals surface area (Å²) in [5, 5.41) is 1.23. The van der Waals surface area contributed by atoms with E-state index >= 15 is 0 Å². The predicted molar refractivity (Wildman–Crippen MR) is 88.1 cm³/mol. The average Bonchev–Trinajstić information content (AvgIpc) is 2.86. The summed E-state index contributed by atoms with van der Waals surface area (Å²) in [5.41, 5.74) is 5.28. The van der Waals surface area contributed by atoms with Gasteiger partial charge < -0.3 is 9.30 Å². The molecule has 0 N–H and O–H groups in total. The first-order valence-corrected chi connectivity index (χ1v) is 7.45. The summed E-state index contributed by atoms with van der Waals surface area (Å²) in [4.78, 5) is 0. The van der Waals surface area contributed by atoms with Crippen LogP contribution in [0.15, 0.2) is 48.7 Å². The molecule has 2 heteroatoms. The van der Waals surface area contributed by atoms with E-state index in [1.54, 1.807) is 0 Å². The number of nitrogens with zero attached hydrogens (tertiary/aromatic N) is 1. The lowest BCUT2D eigenvalue weighted by molar-refractivity contribution is 0.340. The van der Waals surface area contributed by atoms with Crippen molar-refractivity contribution in [1.29, 1.82) is 0 Å². The van der Waals surface area contributed by atoms with Crippen LogP contribution in [0, 0.1) is 13.8 Å². The molecule has 0 saturated heterocycles. The Hall–Kier alpha value is -2.22. The standard InChI is InChI=1S/C19H21NO/c1-4-21-18-7-8-19-16(12-18)9-10-20(19)13-17-11-14(2)5-6-15(17)3/h5-12H,4,13H2,1-3H3. The van der Waals surface area contributed by atoms with E-state index in [9.17, 15) is 0 Å². The van der Waals surface area contributed by atoms with Gasteiger partial charge in [-0.15, -0.1) is 0 Å². The summed E-state index contributed by atoms with van der Waals surface area (Å²) < 4.78 is 7.87. The van der Waals surface area contributed by atoms with Crippen molar-refractivity contribution >= 4 is 10.9 Å². The van der Waals surface area contributed by atoms with Crippen LogP contribution in [0.4, 0.5) is 0 Å². The second-order valence-electron chi connectivity index (χ2n) is 5.53. The fourth-order valence-corrected chi connectivity index (χ4v) is 2.73. The van der Waals surface area contributed by atoms with Gasteiger partial charge in [0.15, 0.2) is 0 Å². The van der Waals surface area contributed by atoms with Crippen molar-refractivity contribution < 1.29 is 4.74 Å².